The third kappa shape index (κ3) is 3.15. The number of pyridine rings is 1. The summed E-state index contributed by atoms with van der Waals surface area (Å²) in [5.41, 5.74) is 1.57. The predicted octanol–water partition coefficient (Wildman–Crippen LogP) is 3.97. The minimum atomic E-state index is -0.131. The van der Waals surface area contributed by atoms with Crippen molar-refractivity contribution in [2.75, 3.05) is 0 Å². The van der Waals surface area contributed by atoms with Crippen LogP contribution >= 0.6 is 23.3 Å². The normalized spacial score (nSPS) is 14.0. The lowest BCUT2D eigenvalue weighted by Gasteiger charge is -2.11. The van der Waals surface area contributed by atoms with Crippen molar-refractivity contribution in [1.29, 1.82) is 0 Å². The van der Waals surface area contributed by atoms with E-state index in [-0.39, 0.29) is 5.56 Å². The summed E-state index contributed by atoms with van der Waals surface area (Å²) < 4.78 is 6.81. The highest BCUT2D eigenvalue weighted by atomic mass is 32.2. The van der Waals surface area contributed by atoms with Crippen LogP contribution in [0, 0.1) is 6.92 Å². The standard InChI is InChI=1S/C19H15N5OS2/c1-11-8-9-20-15(10-11)24-17(25)13-4-2-3-5-14(13)21-18(24)26-19-22-16(23-27-19)12-6-7-12/h2-5,8-10,12H,6-7H2,1H3. The number of rotatable bonds is 4. The van der Waals surface area contributed by atoms with Gasteiger partial charge in [-0.15, -0.1) is 0 Å². The first-order valence-corrected chi connectivity index (χ1v) is 10.2. The van der Waals surface area contributed by atoms with Crippen LogP contribution in [0.3, 0.4) is 0 Å². The van der Waals surface area contributed by atoms with Crippen molar-refractivity contribution in [3.8, 4) is 5.82 Å². The Morgan fingerprint density at radius 2 is 2.04 bits per heavy atom. The van der Waals surface area contributed by atoms with Gasteiger partial charge in [0.2, 0.25) is 0 Å². The van der Waals surface area contributed by atoms with Crippen molar-refractivity contribution >= 4 is 34.2 Å². The van der Waals surface area contributed by atoms with E-state index in [2.05, 4.69) is 14.3 Å². The highest BCUT2D eigenvalue weighted by molar-refractivity contribution is 8.00. The monoisotopic (exact) mass is 393 g/mol. The number of benzene rings is 1. The summed E-state index contributed by atoms with van der Waals surface area (Å²) in [5.74, 6) is 1.97. The van der Waals surface area contributed by atoms with Crippen LogP contribution in [0.5, 0.6) is 0 Å². The molecule has 1 aromatic carbocycles. The fourth-order valence-corrected chi connectivity index (χ4v) is 4.56. The van der Waals surface area contributed by atoms with E-state index in [1.807, 2.05) is 37.3 Å². The molecule has 0 N–H and O–H groups in total. The van der Waals surface area contributed by atoms with E-state index < -0.39 is 0 Å². The van der Waals surface area contributed by atoms with Crippen molar-refractivity contribution < 1.29 is 0 Å². The van der Waals surface area contributed by atoms with Crippen molar-refractivity contribution in [1.82, 2.24) is 23.9 Å². The Balaban J connectivity index is 1.68. The Morgan fingerprint density at radius 1 is 1.19 bits per heavy atom. The molecule has 0 unspecified atom stereocenters. The average molecular weight is 393 g/mol. The van der Waals surface area contributed by atoms with Gasteiger partial charge in [0.1, 0.15) is 11.6 Å². The number of aromatic nitrogens is 5. The summed E-state index contributed by atoms with van der Waals surface area (Å²) >= 11 is 2.72. The molecule has 0 saturated heterocycles. The SMILES string of the molecule is Cc1ccnc(-n2c(Sc3nc(C4CC4)ns3)nc3ccccc3c2=O)c1. The molecule has 0 aliphatic heterocycles. The van der Waals surface area contributed by atoms with E-state index in [1.165, 1.54) is 23.3 Å². The first-order valence-electron chi connectivity index (χ1n) is 8.65. The van der Waals surface area contributed by atoms with Gasteiger partial charge >= 0.3 is 0 Å². The van der Waals surface area contributed by atoms with E-state index in [4.69, 9.17) is 4.98 Å². The molecule has 3 aromatic heterocycles. The van der Waals surface area contributed by atoms with Crippen LogP contribution in [0.25, 0.3) is 16.7 Å². The molecule has 1 saturated carbocycles. The Labute approximate surface area is 163 Å². The van der Waals surface area contributed by atoms with Gasteiger partial charge in [-0.05, 0) is 72.9 Å². The number of aryl methyl sites for hydroxylation is 1. The largest absolute Gasteiger partial charge is 0.268 e. The Bertz CT molecular complexity index is 1210. The molecule has 134 valence electrons. The van der Waals surface area contributed by atoms with Crippen molar-refractivity contribution in [2.45, 2.75) is 35.2 Å². The van der Waals surface area contributed by atoms with E-state index in [0.717, 1.165) is 28.6 Å². The van der Waals surface area contributed by atoms with Gasteiger partial charge in [0.25, 0.3) is 5.56 Å². The zero-order valence-electron chi connectivity index (χ0n) is 14.5. The molecule has 3 heterocycles. The molecular weight excluding hydrogens is 378 g/mol. The Morgan fingerprint density at radius 3 is 2.85 bits per heavy atom. The second-order valence-electron chi connectivity index (χ2n) is 6.54. The average Bonchev–Trinajstić information content (AvgIpc) is 3.41. The maximum atomic E-state index is 13.2. The molecule has 1 aliphatic rings. The van der Waals surface area contributed by atoms with Gasteiger partial charge < -0.3 is 0 Å². The maximum absolute atomic E-state index is 13.2. The lowest BCUT2D eigenvalue weighted by molar-refractivity contribution is 0.793. The van der Waals surface area contributed by atoms with Gasteiger partial charge in [-0.25, -0.2) is 19.5 Å². The van der Waals surface area contributed by atoms with Gasteiger partial charge in [0, 0.05) is 12.1 Å². The lowest BCUT2D eigenvalue weighted by Crippen LogP contribution is -2.22. The number of para-hydroxylation sites is 1. The van der Waals surface area contributed by atoms with Crippen LogP contribution in [0.1, 0.15) is 30.1 Å². The molecule has 0 atom stereocenters. The molecule has 0 radical (unpaired) electrons. The van der Waals surface area contributed by atoms with Crippen LogP contribution in [0.15, 0.2) is 56.9 Å². The fraction of sp³-hybridized carbons (Fsp3) is 0.211. The maximum Gasteiger partial charge on any atom is 0.267 e. The molecule has 0 bridgehead atoms. The van der Waals surface area contributed by atoms with Crippen LogP contribution in [-0.2, 0) is 0 Å². The molecule has 1 aliphatic carbocycles. The third-order valence-corrected chi connectivity index (χ3v) is 6.14. The van der Waals surface area contributed by atoms with E-state index in [9.17, 15) is 4.79 Å². The smallest absolute Gasteiger partial charge is 0.267 e. The van der Waals surface area contributed by atoms with Crippen LogP contribution in [0.4, 0.5) is 0 Å². The minimum Gasteiger partial charge on any atom is -0.268 e. The summed E-state index contributed by atoms with van der Waals surface area (Å²) in [6.45, 7) is 1.98. The number of hydrogen-bond donors (Lipinski definition) is 0. The summed E-state index contributed by atoms with van der Waals surface area (Å²) in [7, 11) is 0. The first-order chi connectivity index (χ1) is 13.2. The van der Waals surface area contributed by atoms with Gasteiger partial charge in [-0.1, -0.05) is 12.1 Å². The van der Waals surface area contributed by atoms with Crippen molar-refractivity contribution in [3.05, 3.63) is 64.3 Å². The molecule has 5 rings (SSSR count). The summed E-state index contributed by atoms with van der Waals surface area (Å²) in [4.78, 5) is 27.0. The first kappa shape index (κ1) is 16.6. The third-order valence-electron chi connectivity index (χ3n) is 4.42. The van der Waals surface area contributed by atoms with E-state index in [1.54, 1.807) is 16.8 Å². The quantitative estimate of drug-likeness (QED) is 0.489. The van der Waals surface area contributed by atoms with E-state index in [0.29, 0.717) is 27.8 Å². The van der Waals surface area contributed by atoms with Crippen molar-refractivity contribution in [2.24, 2.45) is 0 Å². The second kappa shape index (κ2) is 6.54. The fourth-order valence-electron chi connectivity index (χ4n) is 2.87. The second-order valence-corrected chi connectivity index (χ2v) is 8.50. The highest BCUT2D eigenvalue weighted by Gasteiger charge is 2.28. The van der Waals surface area contributed by atoms with Gasteiger partial charge in [-0.2, -0.15) is 4.37 Å². The number of hydrogen-bond acceptors (Lipinski definition) is 7. The highest BCUT2D eigenvalue weighted by Crippen LogP contribution is 2.40. The van der Waals surface area contributed by atoms with Gasteiger partial charge in [-0.3, -0.25) is 4.79 Å². The molecule has 8 heteroatoms. The topological polar surface area (TPSA) is 73.6 Å². The van der Waals surface area contributed by atoms with E-state index >= 15 is 0 Å². The van der Waals surface area contributed by atoms with Crippen molar-refractivity contribution in [3.63, 3.8) is 0 Å². The Hall–Kier alpha value is -2.58. The summed E-state index contributed by atoms with van der Waals surface area (Å²) in [6.07, 6.45) is 4.02. The van der Waals surface area contributed by atoms with Crippen LogP contribution < -0.4 is 5.56 Å². The molecule has 6 nitrogen and oxygen atoms in total. The van der Waals surface area contributed by atoms with Gasteiger partial charge in [0.15, 0.2) is 9.50 Å². The molecule has 4 aromatic rings. The number of nitrogens with zero attached hydrogens (tertiary/aromatic N) is 5. The van der Waals surface area contributed by atoms with Gasteiger partial charge in [0.05, 0.1) is 10.9 Å². The predicted molar refractivity (Wildman–Crippen MR) is 106 cm³/mol. The lowest BCUT2D eigenvalue weighted by atomic mass is 10.2. The molecule has 27 heavy (non-hydrogen) atoms. The molecule has 0 amide bonds. The number of fused-ring (bicyclic) bond motifs is 1. The van der Waals surface area contributed by atoms with Crippen LogP contribution in [-0.4, -0.2) is 23.9 Å². The molecule has 1 fully saturated rings. The summed E-state index contributed by atoms with van der Waals surface area (Å²) in [6, 6.07) is 11.2. The Kier molecular flexibility index (Phi) is 4.02. The van der Waals surface area contributed by atoms with Crippen LogP contribution in [0.2, 0.25) is 0 Å². The molecule has 0 spiro atoms. The summed E-state index contributed by atoms with van der Waals surface area (Å²) in [5, 5.41) is 1.12. The zero-order valence-corrected chi connectivity index (χ0v) is 16.1. The minimum absolute atomic E-state index is 0.131. The molecular formula is C19H15N5OS2. The zero-order chi connectivity index (χ0) is 18.4.